The van der Waals surface area contributed by atoms with Gasteiger partial charge < -0.3 is 32.4 Å². The first-order valence-corrected chi connectivity index (χ1v) is 8.65. The number of fused-ring (bicyclic) bond motifs is 1. The van der Waals surface area contributed by atoms with Crippen LogP contribution in [0.5, 0.6) is 0 Å². The van der Waals surface area contributed by atoms with Crippen LogP contribution >= 0.6 is 0 Å². The second-order valence-corrected chi connectivity index (χ2v) is 6.50. The Bertz CT molecular complexity index is 804. The predicted molar refractivity (Wildman–Crippen MR) is 95.0 cm³/mol. The van der Waals surface area contributed by atoms with E-state index in [0.717, 1.165) is 11.8 Å². The molecule has 150 valence electrons. The number of esters is 3. The number of nitrogens with two attached hydrogens (primary N) is 1. The van der Waals surface area contributed by atoms with Crippen molar-refractivity contribution in [3.05, 3.63) is 59.4 Å². The molecule has 8 heteroatoms. The van der Waals surface area contributed by atoms with Gasteiger partial charge in [0, 0.05) is 5.92 Å². The molecule has 0 amide bonds. The highest BCUT2D eigenvalue weighted by Gasteiger charge is 2.44. The van der Waals surface area contributed by atoms with Gasteiger partial charge in [-0.3, -0.25) is 9.59 Å². The largest absolute Gasteiger partial charge is 1.00 e. The maximum atomic E-state index is 12.2. The molecule has 0 radical (unpaired) electrons. The zero-order valence-corrected chi connectivity index (χ0v) is 16.1. The Morgan fingerprint density at radius 2 is 2.00 bits per heavy atom. The molecule has 0 saturated heterocycles. The molecule has 7 nitrogen and oxygen atoms in total. The van der Waals surface area contributed by atoms with Gasteiger partial charge in [0.2, 0.25) is 0 Å². The predicted octanol–water partition coefficient (Wildman–Crippen LogP) is -1.72. The van der Waals surface area contributed by atoms with Crippen LogP contribution in [0.1, 0.15) is 12.0 Å². The van der Waals surface area contributed by atoms with Crippen LogP contribution < -0.4 is 18.1 Å². The molecule has 0 aromatic heterocycles. The number of hydrogen-bond acceptors (Lipinski definition) is 7. The van der Waals surface area contributed by atoms with Crippen LogP contribution in [-0.2, 0) is 35.0 Å². The fraction of sp³-hybridized carbons (Fsp3) is 0.350. The van der Waals surface area contributed by atoms with Crippen molar-refractivity contribution < 1.29 is 41.0 Å². The van der Waals surface area contributed by atoms with Crippen LogP contribution in [0.25, 0.3) is 0 Å². The van der Waals surface area contributed by atoms with Crippen molar-refractivity contribution in [2.24, 2.45) is 17.6 Å². The average molecular weight is 407 g/mol. The van der Waals surface area contributed by atoms with Gasteiger partial charge in [-0.2, -0.15) is 0 Å². The minimum Gasteiger partial charge on any atom is -1.00 e. The molecule has 0 unspecified atom stereocenters. The fourth-order valence-corrected chi connectivity index (χ4v) is 3.38. The van der Waals surface area contributed by atoms with E-state index in [1.165, 1.54) is 7.11 Å². The second kappa shape index (κ2) is 9.52. The summed E-state index contributed by atoms with van der Waals surface area (Å²) in [6.45, 7) is -0.0635. The third-order valence-corrected chi connectivity index (χ3v) is 4.79. The van der Waals surface area contributed by atoms with E-state index < -0.39 is 29.9 Å². The van der Waals surface area contributed by atoms with Crippen molar-refractivity contribution in [3.63, 3.8) is 0 Å². The molecule has 0 spiro atoms. The summed E-state index contributed by atoms with van der Waals surface area (Å²) in [7, 11) is 1.27. The highest BCUT2D eigenvalue weighted by atomic mass is 35.5. The van der Waals surface area contributed by atoms with Crippen LogP contribution in [0.4, 0.5) is 0 Å². The average Bonchev–Trinajstić information content (AvgIpc) is 3.11. The Morgan fingerprint density at radius 3 is 2.68 bits per heavy atom. The molecule has 28 heavy (non-hydrogen) atoms. The molecule has 2 N–H and O–H groups in total. The lowest BCUT2D eigenvalue weighted by Gasteiger charge is -2.26. The molecular formula is C20H21ClNO6-. The van der Waals surface area contributed by atoms with Gasteiger partial charge in [-0.25, -0.2) is 4.79 Å². The summed E-state index contributed by atoms with van der Waals surface area (Å²) in [5.74, 6) is -2.56. The minimum absolute atomic E-state index is 0. The fourth-order valence-electron chi connectivity index (χ4n) is 3.38. The standard InChI is InChI=1S/C20H21NO6.ClH/c1-25-18(22)15-11-27-20(24)17-13(7-8-14(15)17)10-26-19(23)16(21)9-12-5-3-2-4-6-12;/h2-7,11,14,16-17H,8-10,21H2,1H3;1H/p-1/t14-,16+,17-;/m1./s1. The summed E-state index contributed by atoms with van der Waals surface area (Å²) >= 11 is 0. The van der Waals surface area contributed by atoms with Gasteiger partial charge in [-0.05, 0) is 24.0 Å². The number of benzene rings is 1. The van der Waals surface area contributed by atoms with Crippen molar-refractivity contribution in [2.75, 3.05) is 13.7 Å². The normalized spacial score (nSPS) is 21.3. The number of methoxy groups -OCH3 is 1. The molecule has 2 aliphatic rings. The topological polar surface area (TPSA) is 105 Å². The van der Waals surface area contributed by atoms with Gasteiger partial charge in [0.05, 0.1) is 18.6 Å². The number of hydrogen-bond donors (Lipinski definition) is 1. The van der Waals surface area contributed by atoms with Crippen molar-refractivity contribution in [1.82, 2.24) is 0 Å². The molecule has 1 heterocycles. The van der Waals surface area contributed by atoms with Crippen LogP contribution in [-0.4, -0.2) is 37.7 Å². The van der Waals surface area contributed by atoms with Gasteiger partial charge in [-0.1, -0.05) is 36.4 Å². The van der Waals surface area contributed by atoms with Crippen LogP contribution in [0.2, 0.25) is 0 Å². The van der Waals surface area contributed by atoms with Crippen LogP contribution in [0.3, 0.4) is 0 Å². The molecule has 1 aliphatic heterocycles. The molecular weight excluding hydrogens is 386 g/mol. The van der Waals surface area contributed by atoms with E-state index in [9.17, 15) is 14.4 Å². The second-order valence-electron chi connectivity index (χ2n) is 6.50. The van der Waals surface area contributed by atoms with E-state index >= 15 is 0 Å². The third-order valence-electron chi connectivity index (χ3n) is 4.79. The number of cyclic esters (lactones) is 1. The Hall–Kier alpha value is -2.64. The summed E-state index contributed by atoms with van der Waals surface area (Å²) < 4.78 is 15.0. The van der Waals surface area contributed by atoms with E-state index in [4.69, 9.17) is 19.9 Å². The molecule has 0 saturated carbocycles. The smallest absolute Gasteiger partial charge is 0.337 e. The number of rotatable bonds is 6. The Balaban J connectivity index is 0.00000280. The maximum Gasteiger partial charge on any atom is 0.337 e. The van der Waals surface area contributed by atoms with Gasteiger partial charge in [-0.15, -0.1) is 0 Å². The number of ether oxygens (including phenoxy) is 3. The molecule has 1 aromatic carbocycles. The monoisotopic (exact) mass is 406 g/mol. The van der Waals surface area contributed by atoms with Crippen molar-refractivity contribution >= 4 is 17.9 Å². The first kappa shape index (κ1) is 21.7. The zero-order chi connectivity index (χ0) is 19.4. The lowest BCUT2D eigenvalue weighted by molar-refractivity contribution is -0.149. The summed E-state index contributed by atoms with van der Waals surface area (Å²) in [5.41, 5.74) is 7.77. The zero-order valence-electron chi connectivity index (χ0n) is 15.3. The van der Waals surface area contributed by atoms with E-state index in [-0.39, 0.29) is 24.9 Å². The first-order chi connectivity index (χ1) is 13.0. The van der Waals surface area contributed by atoms with Gasteiger partial charge in [0.1, 0.15) is 18.9 Å². The molecule has 3 rings (SSSR count). The molecule has 0 bridgehead atoms. The van der Waals surface area contributed by atoms with Crippen molar-refractivity contribution in [1.29, 1.82) is 0 Å². The first-order valence-electron chi connectivity index (χ1n) is 8.65. The number of halogens is 1. The quantitative estimate of drug-likeness (QED) is 0.340. The van der Waals surface area contributed by atoms with Crippen molar-refractivity contribution in [3.8, 4) is 0 Å². The number of carbonyl (C=O) groups is 3. The highest BCUT2D eigenvalue weighted by molar-refractivity contribution is 5.93. The summed E-state index contributed by atoms with van der Waals surface area (Å²) in [6.07, 6.45) is 3.79. The van der Waals surface area contributed by atoms with E-state index in [1.807, 2.05) is 30.3 Å². The lowest BCUT2D eigenvalue weighted by atomic mass is 9.84. The molecule has 0 fully saturated rings. The SMILES string of the molecule is COC(=O)C1=COC(=O)[C@@H]2C(COC(=O)[C@@H](N)Cc3ccccc3)=CC[C@H]12.[Cl-]. The number of carbonyl (C=O) groups excluding carboxylic acids is 3. The van der Waals surface area contributed by atoms with Gasteiger partial charge in [0.25, 0.3) is 0 Å². The maximum absolute atomic E-state index is 12.2. The third kappa shape index (κ3) is 4.61. The Labute approximate surface area is 168 Å². The van der Waals surface area contributed by atoms with Crippen LogP contribution in [0.15, 0.2) is 53.8 Å². The summed E-state index contributed by atoms with van der Waals surface area (Å²) in [6, 6.07) is 8.60. The van der Waals surface area contributed by atoms with Gasteiger partial charge in [0.15, 0.2) is 0 Å². The molecule has 1 aliphatic carbocycles. The van der Waals surface area contributed by atoms with E-state index in [0.29, 0.717) is 24.0 Å². The molecule has 3 atom stereocenters. The van der Waals surface area contributed by atoms with Gasteiger partial charge >= 0.3 is 17.9 Å². The number of allylic oxidation sites excluding steroid dienone is 1. The summed E-state index contributed by atoms with van der Waals surface area (Å²) in [5, 5.41) is 0. The lowest BCUT2D eigenvalue weighted by Crippen LogP contribution is -3.00. The van der Waals surface area contributed by atoms with E-state index in [1.54, 1.807) is 6.08 Å². The Kier molecular flexibility index (Phi) is 7.37. The molecule has 1 aromatic rings. The van der Waals surface area contributed by atoms with E-state index in [2.05, 4.69) is 0 Å². The Morgan fingerprint density at radius 1 is 1.29 bits per heavy atom. The summed E-state index contributed by atoms with van der Waals surface area (Å²) in [4.78, 5) is 36.2. The van der Waals surface area contributed by atoms with Crippen molar-refractivity contribution in [2.45, 2.75) is 18.9 Å². The van der Waals surface area contributed by atoms with Crippen LogP contribution in [0, 0.1) is 11.8 Å². The highest BCUT2D eigenvalue weighted by Crippen LogP contribution is 2.40. The minimum atomic E-state index is -0.797.